The molecule has 0 bridgehead atoms. The number of rotatable bonds is 1. The molecular formula is C10H11ClN2O3S. The Hall–Kier alpha value is -1.27. The molecule has 0 aliphatic rings. The smallest absolute Gasteiger partial charge is 0.295 e. The van der Waals surface area contributed by atoms with Gasteiger partial charge in [-0.2, -0.15) is 0 Å². The average Bonchev–Trinajstić information content (AvgIpc) is 2.41. The van der Waals surface area contributed by atoms with E-state index in [1.165, 1.54) is 15.2 Å². The molecule has 0 unspecified atom stereocenters. The van der Waals surface area contributed by atoms with Crippen molar-refractivity contribution in [3.05, 3.63) is 28.2 Å². The van der Waals surface area contributed by atoms with Crippen LogP contribution in [0.2, 0.25) is 0 Å². The van der Waals surface area contributed by atoms with E-state index >= 15 is 0 Å². The molecule has 2 aromatic rings. The van der Waals surface area contributed by atoms with Crippen LogP contribution in [-0.4, -0.2) is 17.6 Å². The van der Waals surface area contributed by atoms with Gasteiger partial charge in [0.2, 0.25) is 0 Å². The number of hydrogen-bond donors (Lipinski definition) is 0. The van der Waals surface area contributed by atoms with Crippen LogP contribution in [0.25, 0.3) is 11.0 Å². The van der Waals surface area contributed by atoms with Gasteiger partial charge in [0, 0.05) is 24.8 Å². The molecular weight excluding hydrogens is 264 g/mol. The van der Waals surface area contributed by atoms with Crippen molar-refractivity contribution in [1.82, 2.24) is 9.13 Å². The van der Waals surface area contributed by atoms with Crippen molar-refractivity contribution < 1.29 is 8.42 Å². The SMILES string of the molecule is Cc1cc2c(cc1S(=O)(=O)Cl)n(C)c(=O)n2C. The first-order chi connectivity index (χ1) is 7.73. The summed E-state index contributed by atoms with van der Waals surface area (Å²) in [6.45, 7) is 1.65. The summed E-state index contributed by atoms with van der Waals surface area (Å²) >= 11 is 0. The highest BCUT2D eigenvalue weighted by Crippen LogP contribution is 2.24. The van der Waals surface area contributed by atoms with Crippen LogP contribution in [0.1, 0.15) is 5.56 Å². The van der Waals surface area contributed by atoms with Crippen molar-refractivity contribution in [3.63, 3.8) is 0 Å². The predicted octanol–water partition coefficient (Wildman–Crippen LogP) is 1.11. The maximum absolute atomic E-state index is 11.7. The van der Waals surface area contributed by atoms with E-state index in [1.807, 2.05) is 0 Å². The molecule has 0 radical (unpaired) electrons. The van der Waals surface area contributed by atoms with Gasteiger partial charge in [0.25, 0.3) is 9.05 Å². The molecule has 0 saturated heterocycles. The van der Waals surface area contributed by atoms with Gasteiger partial charge >= 0.3 is 5.69 Å². The fourth-order valence-corrected chi connectivity index (χ4v) is 3.09. The molecule has 17 heavy (non-hydrogen) atoms. The van der Waals surface area contributed by atoms with Crippen LogP contribution in [0, 0.1) is 6.92 Å². The zero-order valence-corrected chi connectivity index (χ0v) is 11.1. The molecule has 1 aromatic carbocycles. The molecule has 0 N–H and O–H groups in total. The van der Waals surface area contributed by atoms with Gasteiger partial charge in [-0.25, -0.2) is 13.2 Å². The molecule has 0 atom stereocenters. The first-order valence-electron chi connectivity index (χ1n) is 4.84. The molecule has 2 rings (SSSR count). The summed E-state index contributed by atoms with van der Waals surface area (Å²) in [6, 6.07) is 3.07. The number of benzene rings is 1. The van der Waals surface area contributed by atoms with E-state index in [0.717, 1.165) is 0 Å². The van der Waals surface area contributed by atoms with E-state index in [2.05, 4.69) is 0 Å². The Balaban J connectivity index is 3.01. The van der Waals surface area contributed by atoms with Gasteiger partial charge in [-0.3, -0.25) is 9.13 Å². The molecule has 0 spiro atoms. The van der Waals surface area contributed by atoms with Crippen molar-refractivity contribution in [1.29, 1.82) is 0 Å². The molecule has 5 nitrogen and oxygen atoms in total. The fourth-order valence-electron chi connectivity index (χ4n) is 1.89. The minimum absolute atomic E-state index is 0.0351. The van der Waals surface area contributed by atoms with Crippen LogP contribution in [0.15, 0.2) is 21.8 Å². The lowest BCUT2D eigenvalue weighted by molar-refractivity contribution is 0.609. The molecule has 7 heteroatoms. The Morgan fingerprint density at radius 1 is 1.12 bits per heavy atom. The summed E-state index contributed by atoms with van der Waals surface area (Å²) in [5, 5.41) is 0. The quantitative estimate of drug-likeness (QED) is 0.732. The van der Waals surface area contributed by atoms with Crippen LogP contribution < -0.4 is 5.69 Å². The molecule has 0 aliphatic carbocycles. The zero-order valence-electron chi connectivity index (χ0n) is 9.56. The third-order valence-electron chi connectivity index (χ3n) is 2.83. The first-order valence-corrected chi connectivity index (χ1v) is 7.15. The van der Waals surface area contributed by atoms with Gasteiger partial charge < -0.3 is 0 Å². The van der Waals surface area contributed by atoms with Gasteiger partial charge in [-0.1, -0.05) is 0 Å². The Labute approximate surface area is 103 Å². The van der Waals surface area contributed by atoms with Gasteiger partial charge in [0.15, 0.2) is 0 Å². The fraction of sp³-hybridized carbons (Fsp3) is 0.300. The number of imidazole rings is 1. The molecule has 92 valence electrons. The third-order valence-corrected chi connectivity index (χ3v) is 4.30. The van der Waals surface area contributed by atoms with E-state index in [0.29, 0.717) is 16.6 Å². The minimum atomic E-state index is -3.80. The van der Waals surface area contributed by atoms with Crippen LogP contribution >= 0.6 is 10.7 Å². The molecule has 0 saturated carbocycles. The van der Waals surface area contributed by atoms with Crippen LogP contribution in [0.5, 0.6) is 0 Å². The maximum Gasteiger partial charge on any atom is 0.328 e. The van der Waals surface area contributed by atoms with Gasteiger partial charge in [-0.05, 0) is 24.6 Å². The number of nitrogens with zero attached hydrogens (tertiary/aromatic N) is 2. The second-order valence-electron chi connectivity index (χ2n) is 3.94. The zero-order chi connectivity index (χ0) is 13.0. The monoisotopic (exact) mass is 274 g/mol. The highest BCUT2D eigenvalue weighted by molar-refractivity contribution is 8.13. The van der Waals surface area contributed by atoms with E-state index in [4.69, 9.17) is 10.7 Å². The molecule has 0 aliphatic heterocycles. The highest BCUT2D eigenvalue weighted by atomic mass is 35.7. The summed E-state index contributed by atoms with van der Waals surface area (Å²) in [5.74, 6) is 0. The lowest BCUT2D eigenvalue weighted by atomic mass is 10.2. The Kier molecular flexibility index (Phi) is 2.59. The standard InChI is InChI=1S/C10H11ClN2O3S/c1-6-4-7-8(5-9(6)17(11,15)16)13(3)10(14)12(7)2/h4-5H,1-3H3. The average molecular weight is 275 g/mol. The van der Waals surface area contributed by atoms with Crippen molar-refractivity contribution in [2.24, 2.45) is 14.1 Å². The topological polar surface area (TPSA) is 61.1 Å². The highest BCUT2D eigenvalue weighted by Gasteiger charge is 2.17. The van der Waals surface area contributed by atoms with Crippen molar-refractivity contribution in [2.45, 2.75) is 11.8 Å². The summed E-state index contributed by atoms with van der Waals surface area (Å²) in [4.78, 5) is 11.7. The van der Waals surface area contributed by atoms with E-state index < -0.39 is 9.05 Å². The number of fused-ring (bicyclic) bond motifs is 1. The van der Waals surface area contributed by atoms with Gasteiger partial charge in [0.1, 0.15) is 0 Å². The summed E-state index contributed by atoms with van der Waals surface area (Å²) < 4.78 is 25.6. The van der Waals surface area contributed by atoms with Crippen molar-refractivity contribution in [3.8, 4) is 0 Å². The number of hydrogen-bond acceptors (Lipinski definition) is 3. The predicted molar refractivity (Wildman–Crippen MR) is 65.9 cm³/mol. The second-order valence-corrected chi connectivity index (χ2v) is 6.48. The lowest BCUT2D eigenvalue weighted by Gasteiger charge is -2.03. The number of aromatic nitrogens is 2. The lowest BCUT2D eigenvalue weighted by Crippen LogP contribution is -2.19. The summed E-state index contributed by atoms with van der Waals surface area (Å²) in [7, 11) is 4.77. The van der Waals surface area contributed by atoms with E-state index in [1.54, 1.807) is 27.1 Å². The minimum Gasteiger partial charge on any atom is -0.295 e. The van der Waals surface area contributed by atoms with Crippen LogP contribution in [0.3, 0.4) is 0 Å². The second kappa shape index (κ2) is 3.61. The summed E-state index contributed by atoms with van der Waals surface area (Å²) in [5.41, 5.74) is 1.54. The Morgan fingerprint density at radius 3 is 2.06 bits per heavy atom. The Bertz CT molecular complexity index is 771. The third kappa shape index (κ3) is 1.77. The van der Waals surface area contributed by atoms with Crippen molar-refractivity contribution in [2.75, 3.05) is 0 Å². The van der Waals surface area contributed by atoms with Gasteiger partial charge in [-0.15, -0.1) is 0 Å². The van der Waals surface area contributed by atoms with Gasteiger partial charge in [0.05, 0.1) is 15.9 Å². The normalized spacial score (nSPS) is 12.2. The van der Waals surface area contributed by atoms with Crippen LogP contribution in [-0.2, 0) is 23.1 Å². The summed E-state index contributed by atoms with van der Waals surface area (Å²) in [6.07, 6.45) is 0. The van der Waals surface area contributed by atoms with E-state index in [-0.39, 0.29) is 10.6 Å². The Morgan fingerprint density at radius 2 is 1.59 bits per heavy atom. The largest absolute Gasteiger partial charge is 0.328 e. The van der Waals surface area contributed by atoms with E-state index in [9.17, 15) is 13.2 Å². The first kappa shape index (κ1) is 12.2. The molecule has 1 heterocycles. The van der Waals surface area contributed by atoms with Crippen molar-refractivity contribution >= 4 is 30.8 Å². The van der Waals surface area contributed by atoms with Crippen LogP contribution in [0.4, 0.5) is 0 Å². The molecule has 0 fully saturated rings. The number of halogens is 1. The number of aryl methyl sites for hydroxylation is 3. The molecule has 0 amide bonds. The maximum atomic E-state index is 11.7. The molecule has 1 aromatic heterocycles.